The van der Waals surface area contributed by atoms with Gasteiger partial charge in [-0.3, -0.25) is 0 Å². The minimum atomic E-state index is -0.970. The summed E-state index contributed by atoms with van der Waals surface area (Å²) < 4.78 is 1.86. The van der Waals surface area contributed by atoms with E-state index in [9.17, 15) is 4.79 Å². The Labute approximate surface area is 124 Å². The Bertz CT molecular complexity index is 715. The Kier molecular flexibility index (Phi) is 4.21. The molecule has 0 aliphatic carbocycles. The molecule has 5 heteroatoms. The number of carboxylic acid groups (broad SMARTS) is 1. The van der Waals surface area contributed by atoms with Gasteiger partial charge in [0.05, 0.1) is 5.69 Å². The summed E-state index contributed by atoms with van der Waals surface area (Å²) in [5, 5.41) is 13.2. The van der Waals surface area contributed by atoms with Crippen molar-refractivity contribution in [2.45, 2.75) is 34.1 Å². The van der Waals surface area contributed by atoms with Crippen molar-refractivity contribution in [2.75, 3.05) is 0 Å². The summed E-state index contributed by atoms with van der Waals surface area (Å²) in [5.41, 5.74) is 5.07. The van der Waals surface area contributed by atoms with E-state index in [4.69, 9.17) is 5.11 Å². The standard InChI is InChI=1S/C16H19N3O2/c1-5-14-11(3)18-19(12(14)4)16-10(2)8-13(9-17-16)6-7-15(20)21/h6-9H,5H2,1-4H3,(H,20,21)/b7-6+. The first-order chi connectivity index (χ1) is 9.93. The zero-order chi connectivity index (χ0) is 15.6. The van der Waals surface area contributed by atoms with Gasteiger partial charge < -0.3 is 5.11 Å². The summed E-state index contributed by atoms with van der Waals surface area (Å²) in [6.07, 6.45) is 5.24. The van der Waals surface area contributed by atoms with Gasteiger partial charge in [-0.05, 0) is 56.0 Å². The van der Waals surface area contributed by atoms with Crippen molar-refractivity contribution in [1.29, 1.82) is 0 Å². The summed E-state index contributed by atoms with van der Waals surface area (Å²) in [6, 6.07) is 1.91. The topological polar surface area (TPSA) is 68.0 Å². The van der Waals surface area contributed by atoms with Crippen LogP contribution in [0.3, 0.4) is 0 Å². The van der Waals surface area contributed by atoms with E-state index >= 15 is 0 Å². The molecule has 0 fully saturated rings. The molecule has 0 unspecified atom stereocenters. The molecule has 2 aromatic rings. The largest absolute Gasteiger partial charge is 0.478 e. The monoisotopic (exact) mass is 285 g/mol. The lowest BCUT2D eigenvalue weighted by Gasteiger charge is -2.08. The highest BCUT2D eigenvalue weighted by molar-refractivity contribution is 5.85. The van der Waals surface area contributed by atoms with Gasteiger partial charge in [0.1, 0.15) is 0 Å². The van der Waals surface area contributed by atoms with E-state index in [1.807, 2.05) is 31.5 Å². The fourth-order valence-electron chi connectivity index (χ4n) is 2.46. The molecule has 0 saturated heterocycles. The second-order valence-corrected chi connectivity index (χ2v) is 5.00. The summed E-state index contributed by atoms with van der Waals surface area (Å²) in [7, 11) is 0. The number of aryl methyl sites for hydroxylation is 2. The minimum absolute atomic E-state index is 0.760. The Balaban J connectivity index is 2.44. The normalized spacial score (nSPS) is 11.2. The number of rotatable bonds is 4. The van der Waals surface area contributed by atoms with Gasteiger partial charge in [0.15, 0.2) is 5.82 Å². The van der Waals surface area contributed by atoms with E-state index in [2.05, 4.69) is 17.0 Å². The van der Waals surface area contributed by atoms with E-state index < -0.39 is 5.97 Å². The number of aromatic nitrogens is 3. The molecule has 0 aromatic carbocycles. The van der Waals surface area contributed by atoms with Gasteiger partial charge in [0.25, 0.3) is 0 Å². The molecule has 110 valence electrons. The van der Waals surface area contributed by atoms with E-state index in [0.29, 0.717) is 0 Å². The van der Waals surface area contributed by atoms with Crippen LogP contribution in [0.4, 0.5) is 0 Å². The van der Waals surface area contributed by atoms with Gasteiger partial charge in [-0.25, -0.2) is 14.5 Å². The predicted octanol–water partition coefficient (Wildman–Crippen LogP) is 2.85. The second-order valence-electron chi connectivity index (χ2n) is 5.00. The quantitative estimate of drug-likeness (QED) is 0.877. The first kappa shape index (κ1) is 15.0. The molecule has 21 heavy (non-hydrogen) atoms. The molecule has 2 rings (SSSR count). The number of hydrogen-bond donors (Lipinski definition) is 1. The first-order valence-electron chi connectivity index (χ1n) is 6.87. The van der Waals surface area contributed by atoms with Gasteiger partial charge in [0.2, 0.25) is 0 Å². The highest BCUT2D eigenvalue weighted by Crippen LogP contribution is 2.20. The van der Waals surface area contributed by atoms with Gasteiger partial charge in [-0.15, -0.1) is 0 Å². The molecular weight excluding hydrogens is 266 g/mol. The van der Waals surface area contributed by atoms with Crippen LogP contribution < -0.4 is 0 Å². The molecule has 0 aliphatic rings. The van der Waals surface area contributed by atoms with Crippen molar-refractivity contribution < 1.29 is 9.90 Å². The van der Waals surface area contributed by atoms with E-state index in [-0.39, 0.29) is 0 Å². The first-order valence-corrected chi connectivity index (χ1v) is 6.87. The lowest BCUT2D eigenvalue weighted by Crippen LogP contribution is -2.05. The molecule has 0 amide bonds. The maximum Gasteiger partial charge on any atom is 0.328 e. The molecule has 0 saturated carbocycles. The van der Waals surface area contributed by atoms with Crippen LogP contribution in [0.5, 0.6) is 0 Å². The molecule has 5 nitrogen and oxygen atoms in total. The van der Waals surface area contributed by atoms with Crippen molar-refractivity contribution in [2.24, 2.45) is 0 Å². The van der Waals surface area contributed by atoms with Crippen molar-refractivity contribution in [3.8, 4) is 5.82 Å². The molecule has 0 atom stereocenters. The van der Waals surface area contributed by atoms with E-state index in [1.54, 1.807) is 6.20 Å². The van der Waals surface area contributed by atoms with Crippen molar-refractivity contribution in [1.82, 2.24) is 14.8 Å². The third kappa shape index (κ3) is 3.02. The Morgan fingerprint density at radius 3 is 2.62 bits per heavy atom. The summed E-state index contributed by atoms with van der Waals surface area (Å²) in [6.45, 7) is 8.10. The number of hydrogen-bond acceptors (Lipinski definition) is 3. The number of aliphatic carboxylic acids is 1. The summed E-state index contributed by atoms with van der Waals surface area (Å²) in [4.78, 5) is 15.0. The SMILES string of the molecule is CCc1c(C)nn(-c2ncc(/C=C/C(=O)O)cc2C)c1C. The van der Waals surface area contributed by atoms with Crippen LogP contribution in [0.2, 0.25) is 0 Å². The Hall–Kier alpha value is -2.43. The predicted molar refractivity (Wildman–Crippen MR) is 81.6 cm³/mol. The molecule has 2 heterocycles. The maximum atomic E-state index is 10.5. The van der Waals surface area contributed by atoms with Crippen LogP contribution in [0.1, 0.15) is 35.0 Å². The maximum absolute atomic E-state index is 10.5. The molecule has 0 spiro atoms. The lowest BCUT2D eigenvalue weighted by atomic mass is 10.1. The molecule has 2 aromatic heterocycles. The van der Waals surface area contributed by atoms with Gasteiger partial charge in [-0.1, -0.05) is 6.92 Å². The van der Waals surface area contributed by atoms with Crippen LogP contribution >= 0.6 is 0 Å². The van der Waals surface area contributed by atoms with Crippen LogP contribution in [0.15, 0.2) is 18.3 Å². The molecule has 1 N–H and O–H groups in total. The van der Waals surface area contributed by atoms with Gasteiger partial charge >= 0.3 is 5.97 Å². The zero-order valence-corrected chi connectivity index (χ0v) is 12.7. The van der Waals surface area contributed by atoms with Gasteiger partial charge in [0, 0.05) is 18.0 Å². The third-order valence-corrected chi connectivity index (χ3v) is 3.49. The Morgan fingerprint density at radius 1 is 1.38 bits per heavy atom. The Morgan fingerprint density at radius 2 is 2.10 bits per heavy atom. The minimum Gasteiger partial charge on any atom is -0.478 e. The smallest absolute Gasteiger partial charge is 0.328 e. The van der Waals surface area contributed by atoms with Crippen molar-refractivity contribution in [3.05, 3.63) is 46.4 Å². The lowest BCUT2D eigenvalue weighted by molar-refractivity contribution is -0.131. The molecule has 0 aliphatic heterocycles. The second kappa shape index (κ2) is 5.91. The highest BCUT2D eigenvalue weighted by atomic mass is 16.4. The van der Waals surface area contributed by atoms with Crippen LogP contribution in [0, 0.1) is 20.8 Å². The van der Waals surface area contributed by atoms with Gasteiger partial charge in [-0.2, -0.15) is 5.10 Å². The average Bonchev–Trinajstić information content (AvgIpc) is 2.71. The zero-order valence-electron chi connectivity index (χ0n) is 12.7. The molecule has 0 radical (unpaired) electrons. The fraction of sp³-hybridized carbons (Fsp3) is 0.312. The van der Waals surface area contributed by atoms with Crippen LogP contribution in [-0.2, 0) is 11.2 Å². The molecular formula is C16H19N3O2. The fourth-order valence-corrected chi connectivity index (χ4v) is 2.46. The molecule has 0 bridgehead atoms. The number of pyridine rings is 1. The summed E-state index contributed by atoms with van der Waals surface area (Å²) >= 11 is 0. The average molecular weight is 285 g/mol. The van der Waals surface area contributed by atoms with Crippen molar-refractivity contribution in [3.63, 3.8) is 0 Å². The summed E-state index contributed by atoms with van der Waals surface area (Å²) in [5.74, 6) is -0.189. The third-order valence-electron chi connectivity index (χ3n) is 3.49. The number of nitrogens with zero attached hydrogens (tertiary/aromatic N) is 3. The van der Waals surface area contributed by atoms with Crippen LogP contribution in [-0.4, -0.2) is 25.8 Å². The highest BCUT2D eigenvalue weighted by Gasteiger charge is 2.13. The van der Waals surface area contributed by atoms with Crippen molar-refractivity contribution >= 4 is 12.0 Å². The van der Waals surface area contributed by atoms with E-state index in [1.165, 1.54) is 11.6 Å². The van der Waals surface area contributed by atoms with E-state index in [0.717, 1.165) is 40.8 Å². The number of carbonyl (C=O) groups is 1. The number of carboxylic acids is 1. The van der Waals surface area contributed by atoms with Crippen LogP contribution in [0.25, 0.3) is 11.9 Å².